The van der Waals surface area contributed by atoms with E-state index in [0.29, 0.717) is 0 Å². The summed E-state index contributed by atoms with van der Waals surface area (Å²) in [5.74, 6) is 0. The van der Waals surface area contributed by atoms with Crippen molar-refractivity contribution in [2.75, 3.05) is 12.5 Å². The van der Waals surface area contributed by atoms with Gasteiger partial charge in [0.2, 0.25) is 0 Å². The van der Waals surface area contributed by atoms with E-state index in [1.807, 2.05) is 96.6 Å². The summed E-state index contributed by atoms with van der Waals surface area (Å²) < 4.78 is 13.5. The van der Waals surface area contributed by atoms with Gasteiger partial charge in [0.1, 0.15) is 32.9 Å². The lowest BCUT2D eigenvalue weighted by Gasteiger charge is -2.09. The molecule has 2 aromatic carbocycles. The van der Waals surface area contributed by atoms with Crippen LogP contribution < -0.4 is 19.4 Å². The maximum absolute atomic E-state index is 9.89. The Kier molecular flexibility index (Phi) is 10.3. The highest BCUT2D eigenvalue weighted by atomic mass is 32.2. The standard InChI is InChI=1S/2C9H11N4S.BFO2/c2*1-12-10-9(14-2)13(11-12)8-6-4-3-5-7-8;2-1(3)4/h2*3-7H,1-2H3;/q2*+1;-2. The Morgan fingerprint density at radius 2 is 1.06 bits per heavy atom. The molecule has 0 aliphatic rings. The highest BCUT2D eigenvalue weighted by Gasteiger charge is 2.17. The van der Waals surface area contributed by atoms with E-state index in [0.717, 1.165) is 21.7 Å². The zero-order valence-electron chi connectivity index (χ0n) is 17.9. The van der Waals surface area contributed by atoms with Gasteiger partial charge in [-0.05, 0) is 46.4 Å². The molecule has 2 aromatic heterocycles. The van der Waals surface area contributed by atoms with E-state index in [1.165, 1.54) is 0 Å². The molecule has 4 rings (SSSR count). The van der Waals surface area contributed by atoms with Crippen LogP contribution in [0.25, 0.3) is 11.4 Å². The number of tetrazole rings is 2. The average Bonchev–Trinajstić information content (AvgIpc) is 3.37. The van der Waals surface area contributed by atoms with Crippen molar-refractivity contribution in [2.45, 2.75) is 10.3 Å². The van der Waals surface area contributed by atoms with Crippen molar-refractivity contribution in [1.29, 1.82) is 0 Å². The Morgan fingerprint density at radius 1 is 0.750 bits per heavy atom. The molecule has 0 unspecified atom stereocenters. The van der Waals surface area contributed by atoms with Gasteiger partial charge in [0, 0.05) is 0 Å². The predicted octanol–water partition coefficient (Wildman–Crippen LogP) is -0.711. The van der Waals surface area contributed by atoms with Crippen molar-refractivity contribution < 1.29 is 23.7 Å². The van der Waals surface area contributed by atoms with Crippen molar-refractivity contribution in [3.63, 3.8) is 0 Å². The number of hydrogen-bond donors (Lipinski definition) is 0. The van der Waals surface area contributed by atoms with Crippen LogP contribution in [-0.4, -0.2) is 50.1 Å². The van der Waals surface area contributed by atoms with Gasteiger partial charge in [-0.1, -0.05) is 69.3 Å². The third-order valence-corrected chi connectivity index (χ3v) is 4.87. The van der Waals surface area contributed by atoms with E-state index in [1.54, 1.807) is 33.1 Å². The van der Waals surface area contributed by atoms with Crippen molar-refractivity contribution in [3.05, 3.63) is 60.7 Å². The highest BCUT2D eigenvalue weighted by molar-refractivity contribution is 7.98. The summed E-state index contributed by atoms with van der Waals surface area (Å²) in [6.45, 7) is 0. The predicted molar refractivity (Wildman–Crippen MR) is 115 cm³/mol. The minimum absolute atomic E-state index is 0.888. The molecule has 0 bridgehead atoms. The molecule has 14 heteroatoms. The molecule has 4 aromatic rings. The maximum atomic E-state index is 9.89. The van der Waals surface area contributed by atoms with E-state index in [2.05, 4.69) is 20.6 Å². The summed E-state index contributed by atoms with van der Waals surface area (Å²) >= 11 is 3.16. The van der Waals surface area contributed by atoms with E-state index in [4.69, 9.17) is 10.0 Å². The third kappa shape index (κ3) is 7.71. The minimum Gasteiger partial charge on any atom is -0.867 e. The Labute approximate surface area is 193 Å². The second-order valence-electron chi connectivity index (χ2n) is 5.90. The number of halogens is 1. The molecule has 0 aliphatic heterocycles. The summed E-state index contributed by atoms with van der Waals surface area (Å²) in [5, 5.41) is 35.4. The van der Waals surface area contributed by atoms with Gasteiger partial charge in [0.25, 0.3) is 0 Å². The molecule has 0 amide bonds. The molecule has 0 radical (unpaired) electrons. The number of para-hydroxylation sites is 2. The number of aryl methyl sites for hydroxylation is 2. The summed E-state index contributed by atoms with van der Waals surface area (Å²) in [7, 11) is 0.471. The van der Waals surface area contributed by atoms with Gasteiger partial charge in [-0.3, -0.25) is 0 Å². The first-order valence-electron chi connectivity index (χ1n) is 9.17. The first-order valence-corrected chi connectivity index (χ1v) is 11.6. The molecular weight excluding hydrogens is 454 g/mol. The molecule has 0 N–H and O–H groups in total. The minimum atomic E-state index is -3.17. The number of hydrogen-bond acceptors (Lipinski definition) is 8. The molecule has 10 nitrogen and oxygen atoms in total. The fraction of sp³-hybridized carbons (Fsp3) is 0.222. The van der Waals surface area contributed by atoms with Gasteiger partial charge in [-0.2, -0.15) is 0 Å². The Balaban J connectivity index is 0.000000195. The molecule has 168 valence electrons. The SMILES string of the molecule is CSc1nn(C)n[n+]1-c1ccccc1.CSc1nn(C)n[n+]1-c1ccccc1.[O-]B([O-])F. The van der Waals surface area contributed by atoms with Gasteiger partial charge in [-0.25, -0.2) is 0 Å². The average molecular weight is 476 g/mol. The fourth-order valence-electron chi connectivity index (χ4n) is 2.42. The molecule has 2 heterocycles. The van der Waals surface area contributed by atoms with Crippen molar-refractivity contribution in [3.8, 4) is 11.4 Å². The summed E-state index contributed by atoms with van der Waals surface area (Å²) in [5.41, 5.74) is 2.06. The number of aromatic nitrogens is 8. The summed E-state index contributed by atoms with van der Waals surface area (Å²) in [6.07, 6.45) is 3.98. The number of thioether (sulfide) groups is 2. The number of rotatable bonds is 4. The third-order valence-electron chi connectivity index (χ3n) is 3.63. The zero-order valence-corrected chi connectivity index (χ0v) is 19.6. The largest absolute Gasteiger partial charge is 0.867 e. The van der Waals surface area contributed by atoms with Crippen LogP contribution in [-0.2, 0) is 14.1 Å². The van der Waals surface area contributed by atoms with Crippen LogP contribution in [0.2, 0.25) is 0 Å². The van der Waals surface area contributed by atoms with Gasteiger partial charge in [-0.15, -0.1) is 0 Å². The molecule has 32 heavy (non-hydrogen) atoms. The molecule has 0 spiro atoms. The topological polar surface area (TPSA) is 115 Å². The summed E-state index contributed by atoms with van der Waals surface area (Å²) in [6, 6.07) is 20.0. The van der Waals surface area contributed by atoms with E-state index in [9.17, 15) is 4.32 Å². The second-order valence-corrected chi connectivity index (χ2v) is 7.45. The van der Waals surface area contributed by atoms with Crippen LogP contribution in [0, 0.1) is 0 Å². The van der Waals surface area contributed by atoms with E-state index in [-0.39, 0.29) is 0 Å². The monoisotopic (exact) mass is 476 g/mol. The van der Waals surface area contributed by atoms with Crippen LogP contribution in [0.15, 0.2) is 71.0 Å². The lowest BCUT2D eigenvalue weighted by molar-refractivity contribution is -0.699. The molecule has 0 fully saturated rings. The number of benzene rings is 2. The van der Waals surface area contributed by atoms with Crippen LogP contribution in [0.5, 0.6) is 0 Å². The highest BCUT2D eigenvalue weighted by Crippen LogP contribution is 2.07. The maximum Gasteiger partial charge on any atom is 0.362 e. The Bertz CT molecular complexity index is 997. The van der Waals surface area contributed by atoms with Gasteiger partial charge in [0.15, 0.2) is 0 Å². The lowest BCUT2D eigenvalue weighted by Crippen LogP contribution is -2.39. The quantitative estimate of drug-likeness (QED) is 0.216. The molecular formula is C18H22BFN8O2S2. The smallest absolute Gasteiger partial charge is 0.362 e. The Hall–Kier alpha value is -2.81. The number of nitrogens with zero attached hydrogens (tertiary/aromatic N) is 8. The van der Waals surface area contributed by atoms with Crippen LogP contribution >= 0.6 is 23.5 Å². The van der Waals surface area contributed by atoms with Crippen LogP contribution in [0.1, 0.15) is 0 Å². The van der Waals surface area contributed by atoms with Crippen molar-refractivity contribution >= 4 is 30.9 Å². The summed E-state index contributed by atoms with van der Waals surface area (Å²) in [4.78, 5) is 3.14. The Morgan fingerprint density at radius 3 is 1.34 bits per heavy atom. The molecule has 0 aliphatic carbocycles. The van der Waals surface area contributed by atoms with E-state index >= 15 is 0 Å². The van der Waals surface area contributed by atoms with Gasteiger partial charge in [0.05, 0.1) is 20.6 Å². The van der Waals surface area contributed by atoms with Crippen LogP contribution in [0.3, 0.4) is 0 Å². The van der Waals surface area contributed by atoms with E-state index < -0.39 is 7.40 Å². The van der Waals surface area contributed by atoms with Gasteiger partial charge >= 0.3 is 10.3 Å². The van der Waals surface area contributed by atoms with Crippen molar-refractivity contribution in [1.82, 2.24) is 30.2 Å². The molecule has 0 saturated carbocycles. The second kappa shape index (κ2) is 12.9. The van der Waals surface area contributed by atoms with Gasteiger partial charge < -0.3 is 14.4 Å². The molecule has 0 saturated heterocycles. The van der Waals surface area contributed by atoms with Crippen LogP contribution in [0.4, 0.5) is 4.32 Å². The first-order chi connectivity index (χ1) is 15.3. The lowest BCUT2D eigenvalue weighted by atomic mass is 10.3. The fourth-order valence-corrected chi connectivity index (χ4v) is 3.45. The van der Waals surface area contributed by atoms with Crippen molar-refractivity contribution in [2.24, 2.45) is 14.1 Å². The zero-order chi connectivity index (χ0) is 23.5. The molecule has 0 atom stereocenters. The first kappa shape index (κ1) is 25.5. The normalized spacial score (nSPS) is 9.97.